The maximum atomic E-state index is 9.84. The van der Waals surface area contributed by atoms with E-state index in [-0.39, 0.29) is 6.61 Å². The minimum Gasteiger partial charge on any atom is -0.492 e. The van der Waals surface area contributed by atoms with Gasteiger partial charge in [-0.1, -0.05) is 24.8 Å². The van der Waals surface area contributed by atoms with Crippen LogP contribution >= 0.6 is 0 Å². The Morgan fingerprint density at radius 3 is 2.71 bits per heavy atom. The van der Waals surface area contributed by atoms with E-state index in [0.717, 1.165) is 24.4 Å². The molecule has 0 heterocycles. The zero-order chi connectivity index (χ0) is 15.7. The van der Waals surface area contributed by atoms with Crippen molar-refractivity contribution in [2.45, 2.75) is 26.4 Å². The molecule has 0 saturated heterocycles. The lowest BCUT2D eigenvalue weighted by atomic mass is 10.1. The quantitative estimate of drug-likeness (QED) is 0.748. The largest absolute Gasteiger partial charge is 0.492 e. The second kappa shape index (κ2) is 8.68. The van der Waals surface area contributed by atoms with Gasteiger partial charge in [0.1, 0.15) is 19.0 Å². The second-order valence-corrected chi connectivity index (χ2v) is 5.52. The summed E-state index contributed by atoms with van der Waals surface area (Å²) in [6, 6.07) is 7.50. The molecule has 1 rings (SSSR count). The summed E-state index contributed by atoms with van der Waals surface area (Å²) >= 11 is 0. The van der Waals surface area contributed by atoms with Crippen LogP contribution in [0.15, 0.2) is 24.3 Å². The summed E-state index contributed by atoms with van der Waals surface area (Å²) in [5.41, 5.74) is 0.126. The van der Waals surface area contributed by atoms with E-state index in [0.29, 0.717) is 13.2 Å². The van der Waals surface area contributed by atoms with Crippen LogP contribution < -0.4 is 4.74 Å². The van der Waals surface area contributed by atoms with Crippen molar-refractivity contribution in [2.75, 3.05) is 32.8 Å². The fourth-order valence-electron chi connectivity index (χ4n) is 1.99. The summed E-state index contributed by atoms with van der Waals surface area (Å²) < 4.78 is 5.72. The number of ether oxygens (including phenoxy) is 1. The fraction of sp³-hybridized carbons (Fsp3) is 0.529. The van der Waals surface area contributed by atoms with Crippen molar-refractivity contribution >= 4 is 0 Å². The average Bonchev–Trinajstić information content (AvgIpc) is 2.43. The summed E-state index contributed by atoms with van der Waals surface area (Å²) in [6.07, 6.45) is 0. The third kappa shape index (κ3) is 7.72. The Kier molecular flexibility index (Phi) is 7.24. The van der Waals surface area contributed by atoms with Gasteiger partial charge in [-0.3, -0.25) is 4.90 Å². The van der Waals surface area contributed by atoms with Crippen LogP contribution in [0, 0.1) is 11.8 Å². The molecule has 1 aromatic carbocycles. The van der Waals surface area contributed by atoms with Crippen molar-refractivity contribution in [3.8, 4) is 17.6 Å². The highest BCUT2D eigenvalue weighted by atomic mass is 16.5. The van der Waals surface area contributed by atoms with Crippen LogP contribution in [0.3, 0.4) is 0 Å². The summed E-state index contributed by atoms with van der Waals surface area (Å²) in [4.78, 5) is 2.15. The molecule has 1 aromatic rings. The van der Waals surface area contributed by atoms with E-state index >= 15 is 0 Å². The number of likely N-dealkylation sites (N-methyl/N-ethyl adjacent to an activating group) is 1. The third-order valence-electron chi connectivity index (χ3n) is 2.88. The van der Waals surface area contributed by atoms with Gasteiger partial charge in [-0.15, -0.1) is 0 Å². The average molecular weight is 291 g/mol. The second-order valence-electron chi connectivity index (χ2n) is 5.52. The molecular formula is C17H25NO3. The molecule has 0 aliphatic carbocycles. The Morgan fingerprint density at radius 1 is 1.33 bits per heavy atom. The topological polar surface area (TPSA) is 52.9 Å². The van der Waals surface area contributed by atoms with Gasteiger partial charge in [0.15, 0.2) is 0 Å². The Hall–Kier alpha value is -1.54. The number of hydrogen-bond donors (Lipinski definition) is 2. The summed E-state index contributed by atoms with van der Waals surface area (Å²) in [5, 5.41) is 18.5. The number of aliphatic hydroxyl groups excluding tert-OH is 1. The zero-order valence-corrected chi connectivity index (χ0v) is 13.1. The Balaban J connectivity index is 2.48. The Bertz CT molecular complexity index is 483. The van der Waals surface area contributed by atoms with E-state index in [1.165, 1.54) is 0 Å². The van der Waals surface area contributed by atoms with E-state index in [2.05, 4.69) is 23.7 Å². The van der Waals surface area contributed by atoms with Crippen LogP contribution in [0.5, 0.6) is 5.75 Å². The van der Waals surface area contributed by atoms with Gasteiger partial charge in [0, 0.05) is 18.7 Å². The Morgan fingerprint density at radius 2 is 2.10 bits per heavy atom. The molecule has 0 aliphatic rings. The van der Waals surface area contributed by atoms with E-state index in [1.54, 1.807) is 13.8 Å². The highest BCUT2D eigenvalue weighted by molar-refractivity contribution is 5.39. The molecule has 0 spiro atoms. The molecule has 21 heavy (non-hydrogen) atoms. The zero-order valence-electron chi connectivity index (χ0n) is 13.1. The van der Waals surface area contributed by atoms with Crippen molar-refractivity contribution in [1.29, 1.82) is 0 Å². The monoisotopic (exact) mass is 291 g/mol. The smallest absolute Gasteiger partial charge is 0.120 e. The minimum absolute atomic E-state index is 0.145. The molecule has 0 fully saturated rings. The maximum absolute atomic E-state index is 9.84. The number of aliphatic hydroxyl groups is 2. The summed E-state index contributed by atoms with van der Waals surface area (Å²) in [6.45, 7) is 8.34. The molecule has 0 aliphatic heterocycles. The molecule has 4 nitrogen and oxygen atoms in total. The molecule has 0 aromatic heterocycles. The first kappa shape index (κ1) is 17.5. The molecule has 0 radical (unpaired) electrons. The lowest BCUT2D eigenvalue weighted by Gasteiger charge is -2.27. The van der Waals surface area contributed by atoms with Crippen molar-refractivity contribution < 1.29 is 14.9 Å². The maximum Gasteiger partial charge on any atom is 0.120 e. The van der Waals surface area contributed by atoms with Crippen LogP contribution in [0.2, 0.25) is 0 Å². The molecule has 116 valence electrons. The van der Waals surface area contributed by atoms with Crippen LogP contribution in [-0.2, 0) is 0 Å². The van der Waals surface area contributed by atoms with E-state index < -0.39 is 5.60 Å². The minimum atomic E-state index is -0.699. The van der Waals surface area contributed by atoms with E-state index in [4.69, 9.17) is 9.84 Å². The highest BCUT2D eigenvalue weighted by Gasteiger charge is 2.16. The molecule has 2 N–H and O–H groups in total. The van der Waals surface area contributed by atoms with Gasteiger partial charge in [0.25, 0.3) is 0 Å². The summed E-state index contributed by atoms with van der Waals surface area (Å²) in [7, 11) is 0. The van der Waals surface area contributed by atoms with Crippen molar-refractivity contribution in [1.82, 2.24) is 4.90 Å². The lowest BCUT2D eigenvalue weighted by Crippen LogP contribution is -2.40. The number of hydrogen-bond acceptors (Lipinski definition) is 4. The van der Waals surface area contributed by atoms with Gasteiger partial charge in [-0.25, -0.2) is 0 Å². The van der Waals surface area contributed by atoms with Gasteiger partial charge < -0.3 is 14.9 Å². The lowest BCUT2D eigenvalue weighted by molar-refractivity contribution is 0.0340. The molecular weight excluding hydrogens is 266 g/mol. The van der Waals surface area contributed by atoms with Crippen LogP contribution in [0.25, 0.3) is 0 Å². The van der Waals surface area contributed by atoms with Crippen molar-refractivity contribution in [2.24, 2.45) is 0 Å². The molecule has 0 amide bonds. The van der Waals surface area contributed by atoms with Gasteiger partial charge in [0.2, 0.25) is 0 Å². The highest BCUT2D eigenvalue weighted by Crippen LogP contribution is 2.13. The van der Waals surface area contributed by atoms with Crippen LogP contribution in [-0.4, -0.2) is 53.6 Å². The van der Waals surface area contributed by atoms with Gasteiger partial charge in [-0.2, -0.15) is 0 Å². The predicted molar refractivity (Wildman–Crippen MR) is 84.3 cm³/mol. The molecule has 0 saturated carbocycles. The molecule has 0 atom stereocenters. The normalized spacial score (nSPS) is 11.1. The standard InChI is InChI=1S/C17H25NO3/c1-4-18(14-17(2,3)20)10-12-21-16-9-5-7-15(13-16)8-6-11-19/h5,7,9,13,19-20H,4,10-12,14H2,1-3H3. The Labute approximate surface area is 127 Å². The van der Waals surface area contributed by atoms with Crippen LogP contribution in [0.1, 0.15) is 26.3 Å². The molecule has 0 bridgehead atoms. The number of benzene rings is 1. The first-order valence-electron chi connectivity index (χ1n) is 7.22. The fourth-order valence-corrected chi connectivity index (χ4v) is 1.99. The van der Waals surface area contributed by atoms with Gasteiger partial charge >= 0.3 is 0 Å². The first-order chi connectivity index (χ1) is 9.94. The molecule has 4 heteroatoms. The van der Waals surface area contributed by atoms with Crippen molar-refractivity contribution in [3.05, 3.63) is 29.8 Å². The third-order valence-corrected chi connectivity index (χ3v) is 2.88. The predicted octanol–water partition coefficient (Wildman–Crippen LogP) is 1.50. The molecule has 0 unspecified atom stereocenters. The first-order valence-corrected chi connectivity index (χ1v) is 7.22. The van der Waals surface area contributed by atoms with Crippen LogP contribution in [0.4, 0.5) is 0 Å². The van der Waals surface area contributed by atoms with Gasteiger partial charge in [0.05, 0.1) is 5.60 Å². The number of rotatable bonds is 7. The SMILES string of the molecule is CCN(CCOc1cccc(C#CCO)c1)CC(C)(C)O. The van der Waals surface area contributed by atoms with Crippen molar-refractivity contribution in [3.63, 3.8) is 0 Å². The van der Waals surface area contributed by atoms with Gasteiger partial charge in [-0.05, 0) is 38.6 Å². The van der Waals surface area contributed by atoms with E-state index in [9.17, 15) is 5.11 Å². The summed E-state index contributed by atoms with van der Waals surface area (Å²) in [5.74, 6) is 6.23. The number of nitrogens with zero attached hydrogens (tertiary/aromatic N) is 1. The van der Waals surface area contributed by atoms with E-state index in [1.807, 2.05) is 24.3 Å².